The number of benzene rings is 1. The minimum absolute atomic E-state index is 0.0546. The van der Waals surface area contributed by atoms with Gasteiger partial charge in [0.25, 0.3) is 5.91 Å². The first-order chi connectivity index (χ1) is 13.6. The van der Waals surface area contributed by atoms with Crippen molar-refractivity contribution >= 4 is 17.5 Å². The molecule has 1 unspecified atom stereocenters. The van der Waals surface area contributed by atoms with Crippen molar-refractivity contribution in [3.05, 3.63) is 58.9 Å². The van der Waals surface area contributed by atoms with Crippen molar-refractivity contribution in [2.45, 2.75) is 58.4 Å². The lowest BCUT2D eigenvalue weighted by atomic mass is 9.97. The number of aryl methyl sites for hydroxylation is 1. The van der Waals surface area contributed by atoms with Gasteiger partial charge >= 0.3 is 0 Å². The standard InChI is InChI=1S/C23H28N4O/c1-16-14-20(22(28)27-17(2)15-19-10-6-7-11-21(19)27)26-23(25-16)24-13-12-18-8-4-3-5-9-18/h6-8,10-11,14,17H,3-5,9,12-13,15H2,1-2H3,(H,24,25,26). The Balaban J connectivity index is 1.49. The zero-order chi connectivity index (χ0) is 19.5. The van der Waals surface area contributed by atoms with Crippen LogP contribution in [-0.4, -0.2) is 28.5 Å². The van der Waals surface area contributed by atoms with Gasteiger partial charge in [-0.15, -0.1) is 0 Å². The molecule has 1 aliphatic carbocycles. The maximum atomic E-state index is 13.2. The molecule has 1 aromatic heterocycles. The molecule has 1 N–H and O–H groups in total. The topological polar surface area (TPSA) is 58.1 Å². The molecule has 5 nitrogen and oxygen atoms in total. The van der Waals surface area contributed by atoms with E-state index in [2.05, 4.69) is 34.4 Å². The molecule has 146 valence electrons. The van der Waals surface area contributed by atoms with Gasteiger partial charge in [-0.2, -0.15) is 0 Å². The average Bonchev–Trinajstić information content (AvgIpc) is 3.03. The number of allylic oxidation sites excluding steroid dienone is 1. The number of fused-ring (bicyclic) bond motifs is 1. The maximum absolute atomic E-state index is 13.2. The first-order valence-electron chi connectivity index (χ1n) is 10.3. The van der Waals surface area contributed by atoms with Crippen LogP contribution in [-0.2, 0) is 6.42 Å². The van der Waals surface area contributed by atoms with E-state index in [1.165, 1.54) is 36.8 Å². The largest absolute Gasteiger partial charge is 0.354 e. The Labute approximate surface area is 166 Å². The fourth-order valence-electron chi connectivity index (χ4n) is 4.22. The van der Waals surface area contributed by atoms with Crippen LogP contribution >= 0.6 is 0 Å². The van der Waals surface area contributed by atoms with E-state index in [0.29, 0.717) is 11.6 Å². The van der Waals surface area contributed by atoms with Gasteiger partial charge in [0.15, 0.2) is 0 Å². The zero-order valence-electron chi connectivity index (χ0n) is 16.7. The molecule has 2 aliphatic rings. The highest BCUT2D eigenvalue weighted by atomic mass is 16.2. The summed E-state index contributed by atoms with van der Waals surface area (Å²) in [5.41, 5.74) is 4.99. The van der Waals surface area contributed by atoms with Gasteiger partial charge in [0.1, 0.15) is 5.69 Å². The van der Waals surface area contributed by atoms with Gasteiger partial charge in [0.2, 0.25) is 5.95 Å². The molecule has 2 heterocycles. The van der Waals surface area contributed by atoms with Crippen LogP contribution < -0.4 is 10.2 Å². The Morgan fingerprint density at radius 3 is 2.93 bits per heavy atom. The van der Waals surface area contributed by atoms with E-state index in [4.69, 9.17) is 0 Å². The molecule has 28 heavy (non-hydrogen) atoms. The van der Waals surface area contributed by atoms with Crippen molar-refractivity contribution in [1.82, 2.24) is 9.97 Å². The van der Waals surface area contributed by atoms with E-state index in [9.17, 15) is 4.79 Å². The fraction of sp³-hybridized carbons (Fsp3) is 0.435. The molecular weight excluding hydrogens is 348 g/mol. The smallest absolute Gasteiger partial charge is 0.277 e. The third-order valence-corrected chi connectivity index (χ3v) is 5.61. The van der Waals surface area contributed by atoms with E-state index in [1.54, 1.807) is 6.07 Å². The van der Waals surface area contributed by atoms with Gasteiger partial charge in [-0.1, -0.05) is 29.8 Å². The van der Waals surface area contributed by atoms with Crippen LogP contribution in [0.5, 0.6) is 0 Å². The Morgan fingerprint density at radius 1 is 1.25 bits per heavy atom. The predicted molar refractivity (Wildman–Crippen MR) is 113 cm³/mol. The number of nitrogens with zero attached hydrogens (tertiary/aromatic N) is 3. The second kappa shape index (κ2) is 8.13. The normalized spacial score (nSPS) is 18.6. The average molecular weight is 377 g/mol. The number of anilines is 2. The van der Waals surface area contributed by atoms with Crippen molar-refractivity contribution in [2.75, 3.05) is 16.8 Å². The van der Waals surface area contributed by atoms with Gasteiger partial charge in [-0.3, -0.25) is 4.79 Å². The minimum Gasteiger partial charge on any atom is -0.354 e. The van der Waals surface area contributed by atoms with Crippen molar-refractivity contribution in [2.24, 2.45) is 0 Å². The van der Waals surface area contributed by atoms with Crippen LogP contribution in [0.1, 0.15) is 60.8 Å². The van der Waals surface area contributed by atoms with E-state index in [-0.39, 0.29) is 11.9 Å². The molecule has 0 spiro atoms. The molecule has 0 radical (unpaired) electrons. The van der Waals surface area contributed by atoms with Crippen molar-refractivity contribution < 1.29 is 4.79 Å². The first-order valence-corrected chi connectivity index (χ1v) is 10.3. The lowest BCUT2D eigenvalue weighted by Gasteiger charge is -2.22. The van der Waals surface area contributed by atoms with Gasteiger partial charge in [0, 0.05) is 24.0 Å². The molecule has 0 saturated heterocycles. The predicted octanol–water partition coefficient (Wildman–Crippen LogP) is 4.68. The first kappa shape index (κ1) is 18.7. The number of aromatic nitrogens is 2. The second-order valence-electron chi connectivity index (χ2n) is 7.86. The third-order valence-electron chi connectivity index (χ3n) is 5.61. The highest BCUT2D eigenvalue weighted by molar-refractivity contribution is 6.06. The van der Waals surface area contributed by atoms with Gasteiger partial charge < -0.3 is 10.2 Å². The number of rotatable bonds is 5. The second-order valence-corrected chi connectivity index (χ2v) is 7.86. The summed E-state index contributed by atoms with van der Waals surface area (Å²) in [5.74, 6) is 0.487. The Kier molecular flexibility index (Phi) is 5.42. The minimum atomic E-state index is -0.0546. The molecule has 4 rings (SSSR count). The SMILES string of the molecule is Cc1cc(C(=O)N2c3ccccc3CC2C)nc(NCCC2=CCCCC2)n1. The lowest BCUT2D eigenvalue weighted by molar-refractivity contribution is 0.0976. The van der Waals surface area contributed by atoms with Crippen LogP contribution in [0.15, 0.2) is 42.0 Å². The van der Waals surface area contributed by atoms with Gasteiger partial charge in [-0.05, 0) is 70.1 Å². The summed E-state index contributed by atoms with van der Waals surface area (Å²) in [6.07, 6.45) is 9.26. The van der Waals surface area contributed by atoms with Crippen molar-refractivity contribution in [3.63, 3.8) is 0 Å². The Bertz CT molecular complexity index is 905. The van der Waals surface area contributed by atoms with Crippen molar-refractivity contribution in [1.29, 1.82) is 0 Å². The van der Waals surface area contributed by atoms with Gasteiger partial charge in [-0.25, -0.2) is 9.97 Å². The summed E-state index contributed by atoms with van der Waals surface area (Å²) < 4.78 is 0. The summed E-state index contributed by atoms with van der Waals surface area (Å²) in [6, 6.07) is 10.0. The zero-order valence-corrected chi connectivity index (χ0v) is 16.7. The molecule has 1 aliphatic heterocycles. The van der Waals surface area contributed by atoms with Crippen LogP contribution in [0.2, 0.25) is 0 Å². The Hall–Kier alpha value is -2.69. The molecule has 2 aromatic rings. The number of nitrogens with one attached hydrogen (secondary N) is 1. The third kappa shape index (κ3) is 3.93. The monoisotopic (exact) mass is 376 g/mol. The summed E-state index contributed by atoms with van der Waals surface area (Å²) in [6.45, 7) is 4.80. The molecule has 1 atom stereocenters. The lowest BCUT2D eigenvalue weighted by Crippen LogP contribution is -2.36. The number of hydrogen-bond acceptors (Lipinski definition) is 4. The van der Waals surface area contributed by atoms with Gasteiger partial charge in [0.05, 0.1) is 0 Å². The summed E-state index contributed by atoms with van der Waals surface area (Å²) >= 11 is 0. The highest BCUT2D eigenvalue weighted by Crippen LogP contribution is 2.33. The van der Waals surface area contributed by atoms with Crippen LogP contribution in [0.3, 0.4) is 0 Å². The summed E-state index contributed by atoms with van der Waals surface area (Å²) in [5, 5.41) is 3.32. The summed E-state index contributed by atoms with van der Waals surface area (Å²) in [4.78, 5) is 24.1. The number of amides is 1. The molecule has 0 fully saturated rings. The van der Waals surface area contributed by atoms with Crippen LogP contribution in [0, 0.1) is 6.92 Å². The van der Waals surface area contributed by atoms with E-state index >= 15 is 0 Å². The van der Waals surface area contributed by atoms with E-state index in [1.807, 2.05) is 30.0 Å². The molecule has 1 amide bonds. The molecular formula is C23H28N4O. The van der Waals surface area contributed by atoms with E-state index in [0.717, 1.165) is 30.8 Å². The quantitative estimate of drug-likeness (QED) is 0.770. The van der Waals surface area contributed by atoms with Crippen LogP contribution in [0.4, 0.5) is 11.6 Å². The van der Waals surface area contributed by atoms with E-state index < -0.39 is 0 Å². The number of carbonyl (C=O) groups excluding carboxylic acids is 1. The number of para-hydroxylation sites is 1. The molecule has 1 aromatic carbocycles. The number of hydrogen-bond donors (Lipinski definition) is 1. The summed E-state index contributed by atoms with van der Waals surface area (Å²) in [7, 11) is 0. The van der Waals surface area contributed by atoms with Crippen molar-refractivity contribution in [3.8, 4) is 0 Å². The Morgan fingerprint density at radius 2 is 2.11 bits per heavy atom. The highest BCUT2D eigenvalue weighted by Gasteiger charge is 2.32. The molecule has 5 heteroatoms. The molecule has 0 bridgehead atoms. The maximum Gasteiger partial charge on any atom is 0.277 e. The fourth-order valence-corrected chi connectivity index (χ4v) is 4.22. The molecule has 0 saturated carbocycles. The number of carbonyl (C=O) groups is 1. The van der Waals surface area contributed by atoms with Crippen LogP contribution in [0.25, 0.3) is 0 Å².